The Bertz CT molecular complexity index is 2130. The summed E-state index contributed by atoms with van der Waals surface area (Å²) in [4.78, 5) is 48.4. The van der Waals surface area contributed by atoms with Crippen molar-refractivity contribution in [2.24, 2.45) is 0 Å². The number of morpholine rings is 1. The van der Waals surface area contributed by atoms with Crippen LogP contribution in [0, 0.1) is 19.7 Å². The number of methoxy groups -OCH3 is 1. The molecule has 3 saturated heterocycles. The smallest absolute Gasteiger partial charge is 0.341 e. The number of piperazine rings is 1. The van der Waals surface area contributed by atoms with Gasteiger partial charge in [-0.3, -0.25) is 14.5 Å². The molecule has 5 heterocycles. The molecule has 1 aromatic heterocycles. The summed E-state index contributed by atoms with van der Waals surface area (Å²) in [6.07, 6.45) is 1.61. The summed E-state index contributed by atoms with van der Waals surface area (Å²) in [5.74, 6) is -2.66. The van der Waals surface area contributed by atoms with Crippen LogP contribution in [0.5, 0.6) is 0 Å². The number of ether oxygens (including phenoxy) is 2. The van der Waals surface area contributed by atoms with Gasteiger partial charge in [0.15, 0.2) is 0 Å². The van der Waals surface area contributed by atoms with Crippen LogP contribution in [0.3, 0.4) is 0 Å². The van der Waals surface area contributed by atoms with E-state index in [2.05, 4.69) is 27.6 Å². The highest BCUT2D eigenvalue weighted by Gasteiger charge is 2.45. The summed E-state index contributed by atoms with van der Waals surface area (Å²) in [5, 5.41) is 0.854. The molecule has 2 bridgehead atoms. The lowest BCUT2D eigenvalue weighted by molar-refractivity contribution is 0.0263. The molecule has 286 valence electrons. The number of hydrogen-bond donors (Lipinski definition) is 1. The monoisotopic (exact) mass is 754 g/mol. The molecule has 2 unspecified atom stereocenters. The van der Waals surface area contributed by atoms with Gasteiger partial charge in [0.25, 0.3) is 11.8 Å². The van der Waals surface area contributed by atoms with Crippen molar-refractivity contribution in [1.82, 2.24) is 18.8 Å². The number of benzene rings is 2. The van der Waals surface area contributed by atoms with Crippen LogP contribution >= 0.6 is 0 Å². The van der Waals surface area contributed by atoms with E-state index in [9.17, 15) is 22.8 Å². The number of carbonyl (C=O) groups is 2. The molecular weight excluding hydrogens is 708 g/mol. The first-order valence-electron chi connectivity index (χ1n) is 18.0. The number of nitrogens with zero attached hydrogens (tertiary/aromatic N) is 5. The van der Waals surface area contributed by atoms with E-state index < -0.39 is 33.5 Å². The number of anilines is 2. The van der Waals surface area contributed by atoms with Crippen LogP contribution in [-0.2, 0) is 32.6 Å². The Morgan fingerprint density at radius 1 is 1.04 bits per heavy atom. The van der Waals surface area contributed by atoms with E-state index >= 15 is 4.39 Å². The lowest BCUT2D eigenvalue weighted by atomic mass is 9.92. The van der Waals surface area contributed by atoms with E-state index in [1.54, 1.807) is 21.2 Å². The average molecular weight is 755 g/mol. The normalized spacial score (nSPS) is 22.3. The third-order valence-corrected chi connectivity index (χ3v) is 12.9. The third-order valence-electron chi connectivity index (χ3n) is 11.3. The molecule has 53 heavy (non-hydrogen) atoms. The van der Waals surface area contributed by atoms with Crippen molar-refractivity contribution in [3.8, 4) is 0 Å². The zero-order valence-corrected chi connectivity index (χ0v) is 31.8. The van der Waals surface area contributed by atoms with Crippen LogP contribution in [-0.4, -0.2) is 127 Å². The largest absolute Gasteiger partial charge is 0.422 e. The van der Waals surface area contributed by atoms with Gasteiger partial charge in [-0.1, -0.05) is 0 Å². The molecule has 2 aromatic carbocycles. The molecule has 0 aliphatic carbocycles. The summed E-state index contributed by atoms with van der Waals surface area (Å²) in [5.41, 5.74) is 3.61. The van der Waals surface area contributed by atoms with Gasteiger partial charge in [0, 0.05) is 64.0 Å². The summed E-state index contributed by atoms with van der Waals surface area (Å²) in [7, 11) is 2.77. The predicted molar refractivity (Wildman–Crippen MR) is 197 cm³/mol. The van der Waals surface area contributed by atoms with Crippen molar-refractivity contribution in [2.75, 3.05) is 84.1 Å². The lowest BCUT2D eigenvalue weighted by Crippen LogP contribution is -2.54. The molecule has 3 aromatic rings. The molecule has 3 atom stereocenters. The molecule has 2 amide bonds. The second-order valence-electron chi connectivity index (χ2n) is 14.8. The van der Waals surface area contributed by atoms with Crippen LogP contribution in [0.15, 0.2) is 27.4 Å². The van der Waals surface area contributed by atoms with Crippen LogP contribution in [0.4, 0.5) is 15.8 Å². The second kappa shape index (κ2) is 14.3. The standard InChI is InChI=1S/C37H47FN6O8S/c1-21-13-31(42-12-11-41(5)25(16-42)18-50-6)22(2)34-33(21)26-9-10-43(17-29(26)37(47)52-34)36(46)27-15-32(40(3)4)28(14-30(27)38)35(45)39-53(48,49)44-23-7-8-24(44)20-51-19-23/h13-15,23-25H,7-12,16-20H2,1-6H3,(H,39,45)/t23?,24?,25-/m1/s1. The topological polar surface area (TPSA) is 145 Å². The molecule has 16 heteroatoms. The van der Waals surface area contributed by atoms with E-state index in [0.29, 0.717) is 37.0 Å². The van der Waals surface area contributed by atoms with E-state index in [1.165, 1.54) is 20.2 Å². The zero-order chi connectivity index (χ0) is 37.9. The van der Waals surface area contributed by atoms with Gasteiger partial charge in [0.05, 0.1) is 66.9 Å². The summed E-state index contributed by atoms with van der Waals surface area (Å²) >= 11 is 0. The molecule has 3 fully saturated rings. The minimum atomic E-state index is -4.24. The third kappa shape index (κ3) is 6.68. The van der Waals surface area contributed by atoms with Crippen molar-refractivity contribution in [1.29, 1.82) is 0 Å². The molecule has 0 radical (unpaired) electrons. The van der Waals surface area contributed by atoms with E-state index in [0.717, 1.165) is 53.5 Å². The lowest BCUT2D eigenvalue weighted by Gasteiger charge is -2.41. The molecule has 0 saturated carbocycles. The first kappa shape index (κ1) is 37.2. The summed E-state index contributed by atoms with van der Waals surface area (Å²) in [6.45, 7) is 7.66. The van der Waals surface area contributed by atoms with Crippen molar-refractivity contribution < 1.29 is 36.3 Å². The average Bonchev–Trinajstić information content (AvgIpc) is 3.39. The van der Waals surface area contributed by atoms with Crippen molar-refractivity contribution in [3.05, 3.63) is 67.8 Å². The Morgan fingerprint density at radius 2 is 1.75 bits per heavy atom. The SMILES string of the molecule is COC[C@H]1CN(c2cc(C)c3c4c(c(=O)oc3c2C)CN(C(=O)c2cc(N(C)C)c(C(=O)NS(=O)(=O)N3C5CCC3COC5)cc2F)CC4)CCN1C. The van der Waals surface area contributed by atoms with Gasteiger partial charge in [-0.2, -0.15) is 12.7 Å². The Morgan fingerprint density at radius 3 is 2.43 bits per heavy atom. The minimum Gasteiger partial charge on any atom is -0.422 e. The Balaban J connectivity index is 1.14. The van der Waals surface area contributed by atoms with Gasteiger partial charge < -0.3 is 28.6 Å². The van der Waals surface area contributed by atoms with E-state index in [1.807, 2.05) is 13.8 Å². The van der Waals surface area contributed by atoms with Crippen molar-refractivity contribution in [3.63, 3.8) is 0 Å². The van der Waals surface area contributed by atoms with Crippen LogP contribution in [0.2, 0.25) is 0 Å². The van der Waals surface area contributed by atoms with Gasteiger partial charge in [0.2, 0.25) is 0 Å². The Hall–Kier alpha value is -4.09. The number of carbonyl (C=O) groups excluding carboxylic acids is 2. The van der Waals surface area contributed by atoms with Crippen LogP contribution in [0.25, 0.3) is 11.0 Å². The Labute approximate surface area is 308 Å². The summed E-state index contributed by atoms with van der Waals surface area (Å²) < 4.78 is 62.7. The first-order valence-corrected chi connectivity index (χ1v) is 19.4. The number of halogens is 1. The second-order valence-corrected chi connectivity index (χ2v) is 16.4. The highest BCUT2D eigenvalue weighted by molar-refractivity contribution is 7.87. The minimum absolute atomic E-state index is 0.0804. The fraction of sp³-hybridized carbons (Fsp3) is 0.541. The fourth-order valence-electron chi connectivity index (χ4n) is 8.45. The van der Waals surface area contributed by atoms with Gasteiger partial charge in [-0.15, -0.1) is 0 Å². The maximum absolute atomic E-state index is 15.8. The Kier molecular flexibility index (Phi) is 10.0. The van der Waals surface area contributed by atoms with E-state index in [4.69, 9.17) is 13.9 Å². The number of hydrogen-bond acceptors (Lipinski definition) is 11. The molecule has 4 aliphatic rings. The number of amides is 2. The molecule has 4 aliphatic heterocycles. The zero-order valence-electron chi connectivity index (χ0n) is 31.0. The van der Waals surface area contributed by atoms with Gasteiger partial charge in [-0.05, 0) is 69.5 Å². The maximum atomic E-state index is 15.8. The number of nitrogens with one attached hydrogen (secondary N) is 1. The van der Waals surface area contributed by atoms with Gasteiger partial charge in [0.1, 0.15) is 11.4 Å². The quantitative estimate of drug-likeness (QED) is 0.339. The highest BCUT2D eigenvalue weighted by atomic mass is 32.2. The predicted octanol–water partition coefficient (Wildman–Crippen LogP) is 2.42. The van der Waals surface area contributed by atoms with Crippen LogP contribution < -0.4 is 20.1 Å². The first-order chi connectivity index (χ1) is 25.2. The fourth-order valence-corrected chi connectivity index (χ4v) is 10.0. The summed E-state index contributed by atoms with van der Waals surface area (Å²) in [6, 6.07) is 3.75. The number of aryl methyl sites for hydroxylation is 2. The molecule has 0 spiro atoms. The molecule has 1 N–H and O–H groups in total. The van der Waals surface area contributed by atoms with Gasteiger partial charge >= 0.3 is 15.8 Å². The number of rotatable bonds is 8. The van der Waals surface area contributed by atoms with Crippen LogP contribution in [0.1, 0.15) is 55.8 Å². The number of likely N-dealkylation sites (N-methyl/N-ethyl adjacent to an activating group) is 1. The van der Waals surface area contributed by atoms with Gasteiger partial charge in [-0.25, -0.2) is 13.9 Å². The van der Waals surface area contributed by atoms with E-state index in [-0.39, 0.29) is 61.2 Å². The molecular formula is C37H47FN6O8S. The number of fused-ring (bicyclic) bond motifs is 5. The molecule has 7 rings (SSSR count). The maximum Gasteiger partial charge on any atom is 0.341 e. The highest BCUT2D eigenvalue weighted by Crippen LogP contribution is 2.37. The molecule has 14 nitrogen and oxygen atoms in total. The van der Waals surface area contributed by atoms with Crippen molar-refractivity contribution in [2.45, 2.75) is 57.8 Å². The van der Waals surface area contributed by atoms with Crippen molar-refractivity contribution >= 4 is 44.4 Å².